The van der Waals surface area contributed by atoms with E-state index in [4.69, 9.17) is 5.11 Å². The molecule has 0 radical (unpaired) electrons. The number of aromatic nitrogens is 3. The van der Waals surface area contributed by atoms with E-state index in [0.717, 1.165) is 0 Å². The fourth-order valence-electron chi connectivity index (χ4n) is 1.56. The summed E-state index contributed by atoms with van der Waals surface area (Å²) in [6.45, 7) is 3.56. The van der Waals surface area contributed by atoms with Gasteiger partial charge in [-0.3, -0.25) is 0 Å². The van der Waals surface area contributed by atoms with Gasteiger partial charge in [-0.1, -0.05) is 18.2 Å². The molecular weight excluding hydrogens is 232 g/mol. The van der Waals surface area contributed by atoms with Crippen molar-refractivity contribution < 1.29 is 9.90 Å². The Labute approximate surface area is 104 Å². The molecule has 0 aliphatic carbocycles. The zero-order valence-corrected chi connectivity index (χ0v) is 10.0. The molecule has 0 fully saturated rings. The zero-order chi connectivity index (χ0) is 13.1. The zero-order valence-electron chi connectivity index (χ0n) is 10.0. The highest BCUT2D eigenvalue weighted by molar-refractivity contribution is 5.98. The average Bonchev–Trinajstić information content (AvgIpc) is 2.67. The van der Waals surface area contributed by atoms with Crippen LogP contribution in [0.1, 0.15) is 27.6 Å². The van der Waals surface area contributed by atoms with Crippen LogP contribution in [0, 0.1) is 13.8 Å². The van der Waals surface area contributed by atoms with Crippen LogP contribution in [0.3, 0.4) is 0 Å². The molecule has 0 bridgehead atoms. The van der Waals surface area contributed by atoms with E-state index in [1.165, 1.54) is 12.3 Å². The molecule has 1 N–H and O–H groups in total. The van der Waals surface area contributed by atoms with Crippen LogP contribution in [0.25, 0.3) is 0 Å². The van der Waals surface area contributed by atoms with Crippen molar-refractivity contribution in [1.29, 1.82) is 0 Å². The predicted molar refractivity (Wildman–Crippen MR) is 65.9 cm³/mol. The van der Waals surface area contributed by atoms with Crippen molar-refractivity contribution in [2.45, 2.75) is 13.8 Å². The van der Waals surface area contributed by atoms with Crippen LogP contribution in [-0.2, 0) is 0 Å². The average molecular weight is 244 g/mol. The second-order valence-electron chi connectivity index (χ2n) is 3.74. The van der Waals surface area contributed by atoms with E-state index in [1.54, 1.807) is 36.7 Å². The number of hydrogen-bond acceptors (Lipinski definition) is 4. The molecule has 1 heterocycles. The second-order valence-corrected chi connectivity index (χ2v) is 3.74. The van der Waals surface area contributed by atoms with Crippen molar-refractivity contribution in [3.63, 3.8) is 0 Å². The van der Waals surface area contributed by atoms with E-state index in [0.29, 0.717) is 17.2 Å². The number of carboxylic acids is 1. The third-order valence-electron chi connectivity index (χ3n) is 2.46. The van der Waals surface area contributed by atoms with E-state index in [1.807, 2.05) is 0 Å². The first kappa shape index (κ1) is 12.0. The van der Waals surface area contributed by atoms with Crippen molar-refractivity contribution in [2.24, 2.45) is 5.10 Å². The Hall–Kier alpha value is -2.50. The largest absolute Gasteiger partial charge is 0.478 e. The lowest BCUT2D eigenvalue weighted by Gasteiger charge is -2.00. The van der Waals surface area contributed by atoms with E-state index >= 15 is 0 Å². The molecule has 0 saturated carbocycles. The number of carbonyl (C=O) groups is 1. The Kier molecular flexibility index (Phi) is 3.18. The van der Waals surface area contributed by atoms with Crippen molar-refractivity contribution in [2.75, 3.05) is 0 Å². The van der Waals surface area contributed by atoms with Gasteiger partial charge >= 0.3 is 5.97 Å². The molecule has 18 heavy (non-hydrogen) atoms. The van der Waals surface area contributed by atoms with Crippen molar-refractivity contribution in [1.82, 2.24) is 14.9 Å². The highest BCUT2D eigenvalue weighted by Crippen LogP contribution is 2.07. The van der Waals surface area contributed by atoms with Crippen LogP contribution in [0.5, 0.6) is 0 Å². The lowest BCUT2D eigenvalue weighted by Crippen LogP contribution is -2.03. The molecule has 0 spiro atoms. The summed E-state index contributed by atoms with van der Waals surface area (Å²) < 4.78 is 1.55. The topological polar surface area (TPSA) is 80.4 Å². The molecular formula is C12H12N4O2. The van der Waals surface area contributed by atoms with Gasteiger partial charge in [0.1, 0.15) is 0 Å². The predicted octanol–water partition coefficient (Wildman–Crippen LogP) is 1.48. The van der Waals surface area contributed by atoms with Crippen LogP contribution >= 0.6 is 0 Å². The monoisotopic (exact) mass is 244 g/mol. The number of carboxylic acid groups (broad SMARTS) is 1. The minimum absolute atomic E-state index is 0.213. The highest BCUT2D eigenvalue weighted by Gasteiger charge is 2.07. The first-order valence-electron chi connectivity index (χ1n) is 5.35. The summed E-state index contributed by atoms with van der Waals surface area (Å²) in [5.74, 6) is 0.322. The maximum atomic E-state index is 11.0. The summed E-state index contributed by atoms with van der Waals surface area (Å²) in [4.78, 5) is 11.0. The van der Waals surface area contributed by atoms with Gasteiger partial charge in [-0.25, -0.2) is 9.47 Å². The number of aryl methyl sites for hydroxylation is 2. The summed E-state index contributed by atoms with van der Waals surface area (Å²) >= 11 is 0. The van der Waals surface area contributed by atoms with Gasteiger partial charge in [-0.15, -0.1) is 10.2 Å². The summed E-state index contributed by atoms with van der Waals surface area (Å²) in [6, 6.07) is 6.67. The molecule has 2 rings (SSSR count). The van der Waals surface area contributed by atoms with Gasteiger partial charge in [0.15, 0.2) is 11.6 Å². The van der Waals surface area contributed by atoms with Crippen molar-refractivity contribution >= 4 is 12.2 Å². The summed E-state index contributed by atoms with van der Waals surface area (Å²) in [6.07, 6.45) is 1.49. The van der Waals surface area contributed by atoms with Gasteiger partial charge in [-0.05, 0) is 19.9 Å². The number of rotatable bonds is 3. The van der Waals surface area contributed by atoms with Crippen LogP contribution in [0.15, 0.2) is 29.4 Å². The molecule has 0 atom stereocenters. The molecule has 0 amide bonds. The Morgan fingerprint density at radius 2 is 1.89 bits per heavy atom. The molecule has 92 valence electrons. The summed E-state index contributed by atoms with van der Waals surface area (Å²) in [5.41, 5.74) is 0.752. The summed E-state index contributed by atoms with van der Waals surface area (Å²) in [5, 5.41) is 21.0. The molecule has 6 heteroatoms. The lowest BCUT2D eigenvalue weighted by atomic mass is 10.1. The Balaban J connectivity index is 2.38. The molecule has 6 nitrogen and oxygen atoms in total. The van der Waals surface area contributed by atoms with Gasteiger partial charge in [-0.2, -0.15) is 5.10 Å². The molecule has 1 aromatic carbocycles. The molecule has 0 unspecified atom stereocenters. The molecule has 2 aromatic rings. The van der Waals surface area contributed by atoms with Crippen molar-refractivity contribution in [3.05, 3.63) is 47.0 Å². The smallest absolute Gasteiger partial charge is 0.336 e. The SMILES string of the molecule is Cc1nnc(C)n1/N=C/c1ccccc1C(=O)O. The number of aromatic carboxylic acids is 1. The Morgan fingerprint density at radius 1 is 1.28 bits per heavy atom. The van der Waals surface area contributed by atoms with Gasteiger partial charge in [0.2, 0.25) is 0 Å². The van der Waals surface area contributed by atoms with E-state index in [-0.39, 0.29) is 5.56 Å². The number of nitrogens with zero attached hydrogens (tertiary/aromatic N) is 4. The fourth-order valence-corrected chi connectivity index (χ4v) is 1.56. The second kappa shape index (κ2) is 4.79. The van der Waals surface area contributed by atoms with Crippen LogP contribution < -0.4 is 0 Å². The quantitative estimate of drug-likeness (QED) is 0.829. The van der Waals surface area contributed by atoms with Crippen LogP contribution in [0.2, 0.25) is 0 Å². The van der Waals surface area contributed by atoms with Gasteiger partial charge < -0.3 is 5.11 Å². The maximum absolute atomic E-state index is 11.0. The highest BCUT2D eigenvalue weighted by atomic mass is 16.4. The van der Waals surface area contributed by atoms with Gasteiger partial charge in [0, 0.05) is 5.56 Å². The Bertz CT molecular complexity index is 597. The maximum Gasteiger partial charge on any atom is 0.336 e. The molecule has 1 aromatic heterocycles. The third kappa shape index (κ3) is 2.27. The number of hydrogen-bond donors (Lipinski definition) is 1. The van der Waals surface area contributed by atoms with E-state index in [9.17, 15) is 4.79 Å². The number of benzene rings is 1. The normalized spacial score (nSPS) is 11.0. The van der Waals surface area contributed by atoms with Crippen LogP contribution in [-0.4, -0.2) is 32.2 Å². The summed E-state index contributed by atoms with van der Waals surface area (Å²) in [7, 11) is 0. The lowest BCUT2D eigenvalue weighted by molar-refractivity contribution is 0.0697. The van der Waals surface area contributed by atoms with E-state index in [2.05, 4.69) is 15.3 Å². The van der Waals surface area contributed by atoms with Gasteiger partial charge in [0.25, 0.3) is 0 Å². The third-order valence-corrected chi connectivity index (χ3v) is 2.46. The minimum Gasteiger partial charge on any atom is -0.478 e. The fraction of sp³-hybridized carbons (Fsp3) is 0.167. The van der Waals surface area contributed by atoms with E-state index < -0.39 is 5.97 Å². The molecule has 0 saturated heterocycles. The standard InChI is InChI=1S/C12H12N4O2/c1-8-14-15-9(2)16(8)13-7-10-5-3-4-6-11(10)12(17)18/h3-7H,1-2H3,(H,17,18)/b13-7+. The van der Waals surface area contributed by atoms with Crippen LogP contribution in [0.4, 0.5) is 0 Å². The molecule has 0 aliphatic heterocycles. The first-order valence-corrected chi connectivity index (χ1v) is 5.35. The minimum atomic E-state index is -0.978. The molecule has 0 aliphatic rings. The first-order chi connectivity index (χ1) is 8.59. The Morgan fingerprint density at radius 3 is 2.50 bits per heavy atom. The van der Waals surface area contributed by atoms with Crippen molar-refractivity contribution in [3.8, 4) is 0 Å². The van der Waals surface area contributed by atoms with Gasteiger partial charge in [0.05, 0.1) is 11.8 Å².